The quantitative estimate of drug-likeness (QED) is 0.862. The Kier molecular flexibility index (Phi) is 3.52. The smallest absolute Gasteiger partial charge is 0.275 e. The van der Waals surface area contributed by atoms with Crippen molar-refractivity contribution in [3.63, 3.8) is 0 Å². The fourth-order valence-corrected chi connectivity index (χ4v) is 3.06. The van der Waals surface area contributed by atoms with E-state index in [9.17, 15) is 4.79 Å². The zero-order valence-corrected chi connectivity index (χ0v) is 11.7. The number of carbonyl (C=O) groups is 1. The number of pyridine rings is 1. The van der Waals surface area contributed by atoms with E-state index in [2.05, 4.69) is 23.7 Å². The van der Waals surface area contributed by atoms with Gasteiger partial charge in [-0.15, -0.1) is 0 Å². The second-order valence-electron chi connectivity index (χ2n) is 4.16. The molecule has 2 aromatic heterocycles. The van der Waals surface area contributed by atoms with Gasteiger partial charge in [-0.05, 0) is 19.9 Å². The molecule has 0 aliphatic heterocycles. The first-order valence-corrected chi connectivity index (χ1v) is 6.90. The van der Waals surface area contributed by atoms with Crippen LogP contribution in [0.3, 0.4) is 0 Å². The summed E-state index contributed by atoms with van der Waals surface area (Å²) >= 11 is 1.43. The van der Waals surface area contributed by atoms with E-state index in [1.165, 1.54) is 11.3 Å². The number of thiophene rings is 1. The van der Waals surface area contributed by atoms with Gasteiger partial charge in [0.1, 0.15) is 0 Å². The third-order valence-electron chi connectivity index (χ3n) is 3.06. The van der Waals surface area contributed by atoms with Crippen LogP contribution in [0.5, 0.6) is 0 Å². The Bertz CT molecular complexity index is 587. The number of Topliss-reactive ketones (excluding diaryl/α,β-unsaturated/α-hetero) is 1. The van der Waals surface area contributed by atoms with Crippen molar-refractivity contribution >= 4 is 38.8 Å². The maximum absolute atomic E-state index is 11.5. The Morgan fingerprint density at radius 2 is 2.06 bits per heavy atom. The summed E-state index contributed by atoms with van der Waals surface area (Å²) in [5, 5.41) is 0.932. The van der Waals surface area contributed by atoms with E-state index in [0.717, 1.165) is 29.1 Å². The Labute approximate surface area is 110 Å². The molecule has 2 rings (SSSR count). The lowest BCUT2D eigenvalue weighted by Crippen LogP contribution is -2.28. The van der Waals surface area contributed by atoms with Crippen molar-refractivity contribution in [3.05, 3.63) is 17.0 Å². The summed E-state index contributed by atoms with van der Waals surface area (Å²) in [6, 6.07) is 4.00. The van der Waals surface area contributed by atoms with Crippen LogP contribution in [-0.4, -0.2) is 18.9 Å². The van der Waals surface area contributed by atoms with Crippen molar-refractivity contribution in [3.8, 4) is 0 Å². The predicted octanol–water partition coefficient (Wildman–Crippen LogP) is 2.35. The van der Waals surface area contributed by atoms with Gasteiger partial charge in [0.05, 0.1) is 29.0 Å². The number of nitrogen functional groups attached to an aromatic ring is 1. The molecule has 2 aromatic rings. The van der Waals surface area contributed by atoms with Crippen molar-refractivity contribution in [2.24, 2.45) is 0 Å². The lowest BCUT2D eigenvalue weighted by atomic mass is 10.2. The second-order valence-corrected chi connectivity index (χ2v) is 5.18. The standard InChI is InChI=1S/C13H17N3OS/c1-4-16(5-2)10-7-6-9-11(14)12(8(3)17)18-13(9)15-10/h6-7H,4-5,14H2,1-3H3/p+1. The van der Waals surface area contributed by atoms with Gasteiger partial charge >= 0.3 is 0 Å². The molecule has 0 bridgehead atoms. The normalized spacial score (nSPS) is 10.8. The van der Waals surface area contributed by atoms with Gasteiger partial charge in [0.25, 0.3) is 5.82 Å². The highest BCUT2D eigenvalue weighted by Crippen LogP contribution is 2.31. The van der Waals surface area contributed by atoms with E-state index in [4.69, 9.17) is 5.73 Å². The van der Waals surface area contributed by atoms with Crippen LogP contribution in [0.1, 0.15) is 30.4 Å². The average molecular weight is 264 g/mol. The van der Waals surface area contributed by atoms with Crippen molar-refractivity contribution in [1.29, 1.82) is 0 Å². The summed E-state index contributed by atoms with van der Waals surface area (Å²) in [5.41, 5.74) is 6.57. The highest BCUT2D eigenvalue weighted by Gasteiger charge is 2.18. The number of nitrogens with one attached hydrogen (secondary N) is 1. The molecule has 0 fully saturated rings. The summed E-state index contributed by atoms with van der Waals surface area (Å²) in [6.45, 7) is 7.67. The Morgan fingerprint density at radius 1 is 1.39 bits per heavy atom. The van der Waals surface area contributed by atoms with E-state index in [-0.39, 0.29) is 5.78 Å². The number of rotatable bonds is 4. The first-order valence-electron chi connectivity index (χ1n) is 6.08. The van der Waals surface area contributed by atoms with Crippen LogP contribution >= 0.6 is 11.3 Å². The van der Waals surface area contributed by atoms with Crippen molar-refractivity contribution in [2.45, 2.75) is 20.8 Å². The number of nitrogens with two attached hydrogens (primary N) is 1. The third kappa shape index (κ3) is 2.06. The summed E-state index contributed by atoms with van der Waals surface area (Å²) in [6.07, 6.45) is 0. The summed E-state index contributed by atoms with van der Waals surface area (Å²) < 4.78 is 0. The van der Waals surface area contributed by atoms with Crippen LogP contribution in [0.25, 0.3) is 10.2 Å². The van der Waals surface area contributed by atoms with Gasteiger partial charge in [-0.3, -0.25) is 9.69 Å². The minimum absolute atomic E-state index is 0.0199. The fourth-order valence-electron chi connectivity index (χ4n) is 2.05. The zero-order valence-electron chi connectivity index (χ0n) is 10.9. The summed E-state index contributed by atoms with van der Waals surface area (Å²) in [4.78, 5) is 18.7. The van der Waals surface area contributed by atoms with Gasteiger partial charge in [0.15, 0.2) is 10.6 Å². The van der Waals surface area contributed by atoms with Gasteiger partial charge < -0.3 is 5.73 Å². The van der Waals surface area contributed by atoms with Crippen molar-refractivity contribution in [2.75, 3.05) is 23.7 Å². The fraction of sp³-hybridized carbons (Fsp3) is 0.385. The molecule has 0 aliphatic rings. The Balaban J connectivity index is 2.55. The number of hydrogen-bond donors (Lipinski definition) is 1. The van der Waals surface area contributed by atoms with Crippen LogP contribution in [-0.2, 0) is 0 Å². The molecule has 0 spiro atoms. The molecule has 0 aromatic carbocycles. The van der Waals surface area contributed by atoms with Gasteiger partial charge in [-0.25, -0.2) is 4.98 Å². The molecule has 18 heavy (non-hydrogen) atoms. The molecule has 0 unspecified atom stereocenters. The molecular weight excluding hydrogens is 246 g/mol. The molecule has 4 nitrogen and oxygen atoms in total. The number of hydrogen-bond acceptors (Lipinski definition) is 4. The lowest BCUT2D eigenvalue weighted by Gasteiger charge is -2.11. The van der Waals surface area contributed by atoms with Gasteiger partial charge in [-0.1, -0.05) is 11.3 Å². The summed E-state index contributed by atoms with van der Waals surface area (Å²) in [5.74, 6) is 1.08. The third-order valence-corrected chi connectivity index (χ3v) is 4.29. The highest BCUT2D eigenvalue weighted by atomic mass is 32.1. The number of ketones is 1. The van der Waals surface area contributed by atoms with Crippen LogP contribution in [0.15, 0.2) is 12.1 Å². The minimum Gasteiger partial charge on any atom is -0.397 e. The zero-order chi connectivity index (χ0) is 13.3. The van der Waals surface area contributed by atoms with Crippen LogP contribution in [0.4, 0.5) is 11.5 Å². The Morgan fingerprint density at radius 3 is 2.61 bits per heavy atom. The topological polar surface area (TPSA) is 60.5 Å². The molecule has 0 radical (unpaired) electrons. The van der Waals surface area contributed by atoms with E-state index in [1.54, 1.807) is 6.92 Å². The van der Waals surface area contributed by atoms with E-state index in [1.807, 2.05) is 12.1 Å². The van der Waals surface area contributed by atoms with Gasteiger partial charge in [-0.2, -0.15) is 0 Å². The number of anilines is 2. The number of aromatic nitrogens is 1. The van der Waals surface area contributed by atoms with E-state index >= 15 is 0 Å². The van der Waals surface area contributed by atoms with E-state index < -0.39 is 0 Å². The highest BCUT2D eigenvalue weighted by molar-refractivity contribution is 7.20. The molecule has 3 N–H and O–H groups in total. The Hall–Kier alpha value is -1.62. The number of carbonyl (C=O) groups excluding carboxylic acids is 1. The maximum atomic E-state index is 11.5. The molecule has 0 saturated heterocycles. The second kappa shape index (κ2) is 4.94. The number of nitrogens with zero attached hydrogens (tertiary/aromatic N) is 1. The SMILES string of the molecule is CCN(CC)c1ccc2c(N)c(C(C)=O)sc2[nH+]1. The summed E-state index contributed by atoms with van der Waals surface area (Å²) in [7, 11) is 0. The molecule has 0 aliphatic carbocycles. The van der Waals surface area contributed by atoms with Crippen LogP contribution in [0, 0.1) is 0 Å². The van der Waals surface area contributed by atoms with Crippen molar-refractivity contribution in [1.82, 2.24) is 0 Å². The number of fused-ring (bicyclic) bond motifs is 1. The molecule has 0 amide bonds. The van der Waals surface area contributed by atoms with Crippen LogP contribution < -0.4 is 15.6 Å². The van der Waals surface area contributed by atoms with Crippen molar-refractivity contribution < 1.29 is 9.78 Å². The van der Waals surface area contributed by atoms with Gasteiger partial charge in [0.2, 0.25) is 0 Å². The first kappa shape index (κ1) is 12.8. The monoisotopic (exact) mass is 264 g/mol. The predicted molar refractivity (Wildman–Crippen MR) is 76.4 cm³/mol. The molecule has 0 saturated carbocycles. The molecular formula is C13H18N3OS+. The molecule has 0 atom stereocenters. The number of aromatic amines is 1. The molecule has 2 heterocycles. The first-order chi connectivity index (χ1) is 8.58. The minimum atomic E-state index is 0.0199. The van der Waals surface area contributed by atoms with E-state index in [0.29, 0.717) is 10.6 Å². The van der Waals surface area contributed by atoms with Crippen LogP contribution in [0.2, 0.25) is 0 Å². The average Bonchev–Trinajstić information content (AvgIpc) is 2.68. The lowest BCUT2D eigenvalue weighted by molar-refractivity contribution is -0.327. The van der Waals surface area contributed by atoms with Gasteiger partial charge in [0, 0.05) is 13.0 Å². The molecule has 5 heteroatoms. The number of H-pyrrole nitrogens is 1. The molecule has 96 valence electrons. The largest absolute Gasteiger partial charge is 0.397 e. The maximum Gasteiger partial charge on any atom is 0.275 e.